The number of amides is 3. The number of imidazole rings is 1. The van der Waals surface area contributed by atoms with Crippen LogP contribution < -0.4 is 14.8 Å². The highest BCUT2D eigenvalue weighted by Crippen LogP contribution is 2.30. The summed E-state index contributed by atoms with van der Waals surface area (Å²) in [5.41, 5.74) is 1.02. The first-order chi connectivity index (χ1) is 24.4. The van der Waals surface area contributed by atoms with Gasteiger partial charge in [-0.1, -0.05) is 43.3 Å². The molecule has 0 saturated carbocycles. The molecule has 3 N–H and O–H groups in total. The Morgan fingerprint density at radius 3 is 2.63 bits per heavy atom. The van der Waals surface area contributed by atoms with Crippen molar-refractivity contribution >= 4 is 44.1 Å². The van der Waals surface area contributed by atoms with E-state index in [2.05, 4.69) is 15.0 Å². The highest BCUT2D eigenvalue weighted by Gasteiger charge is 2.31. The Balaban J connectivity index is 1.40. The normalized spacial score (nSPS) is 19.8. The monoisotopic (exact) mass is 720 g/mol. The summed E-state index contributed by atoms with van der Waals surface area (Å²) in [6.07, 6.45) is 4.33. The molecule has 0 aliphatic carbocycles. The number of hydrogen-bond acceptors (Lipinski definition) is 8. The molecule has 1 aromatic heterocycles. The van der Waals surface area contributed by atoms with Gasteiger partial charge in [0.25, 0.3) is 15.9 Å². The number of anilines is 2. The zero-order chi connectivity index (χ0) is 36.7. The van der Waals surface area contributed by atoms with Crippen LogP contribution in [-0.2, 0) is 21.8 Å². The number of carbonyl (C=O) groups is 2. The smallest absolute Gasteiger partial charge is 0.321 e. The van der Waals surface area contributed by atoms with Gasteiger partial charge in [-0.3, -0.25) is 9.52 Å². The van der Waals surface area contributed by atoms with Gasteiger partial charge in [-0.2, -0.15) is 8.42 Å². The van der Waals surface area contributed by atoms with Crippen LogP contribution in [0.5, 0.6) is 5.75 Å². The molecule has 0 saturated heterocycles. The van der Waals surface area contributed by atoms with Crippen molar-refractivity contribution in [1.82, 2.24) is 19.4 Å². The van der Waals surface area contributed by atoms with Crippen molar-refractivity contribution in [2.24, 2.45) is 13.0 Å². The van der Waals surface area contributed by atoms with Crippen molar-refractivity contribution < 1.29 is 32.6 Å². The van der Waals surface area contributed by atoms with Gasteiger partial charge in [-0.05, 0) is 62.8 Å². The summed E-state index contributed by atoms with van der Waals surface area (Å²) in [7, 11) is -0.657. The van der Waals surface area contributed by atoms with Gasteiger partial charge in [0.05, 0.1) is 42.4 Å². The Morgan fingerprint density at radius 2 is 1.88 bits per heavy atom. The molecule has 5 rings (SSSR count). The molecule has 13 nitrogen and oxygen atoms in total. The van der Waals surface area contributed by atoms with E-state index in [1.807, 2.05) is 56.3 Å². The van der Waals surface area contributed by atoms with Crippen molar-refractivity contribution in [3.8, 4) is 5.75 Å². The lowest BCUT2D eigenvalue weighted by Crippen LogP contribution is -2.48. The number of aliphatic hydroxyl groups is 1. The summed E-state index contributed by atoms with van der Waals surface area (Å²) in [4.78, 5) is 35.0. The standard InChI is InChI=1S/C37H48N6O7S/c1-25-20-43(26(2)23-44)36(45)31-19-29(40-51(47,48)35-22-41(4)24-38-35)16-17-33(31)50-27(3)11-8-9-18-49-34(25)21-42(5)37(46)39-32-15-10-13-28-12-6-7-14-30(28)32/h6-7,10,12-17,19,22,24-27,34,40,44H,8-9,11,18,20-21,23H2,1-5H3,(H,39,46)/t25-,26-,27-,34+/m1/s1. The number of aryl methyl sites for hydroxylation is 1. The quantitative estimate of drug-likeness (QED) is 0.221. The van der Waals surface area contributed by atoms with Crippen molar-refractivity contribution in [3.05, 3.63) is 78.8 Å². The lowest BCUT2D eigenvalue weighted by molar-refractivity contribution is -0.0115. The van der Waals surface area contributed by atoms with Crippen LogP contribution in [0, 0.1) is 5.92 Å². The summed E-state index contributed by atoms with van der Waals surface area (Å²) in [6.45, 7) is 6.20. The number of sulfonamides is 1. The molecule has 0 radical (unpaired) electrons. The lowest BCUT2D eigenvalue weighted by Gasteiger charge is -2.35. The Morgan fingerprint density at radius 1 is 1.12 bits per heavy atom. The highest BCUT2D eigenvalue weighted by molar-refractivity contribution is 7.92. The number of urea groups is 1. The average Bonchev–Trinajstić information content (AvgIpc) is 3.56. The Bertz CT molecular complexity index is 1930. The predicted octanol–water partition coefficient (Wildman–Crippen LogP) is 5.33. The number of benzene rings is 3. The third kappa shape index (κ3) is 9.37. The van der Waals surface area contributed by atoms with Crippen molar-refractivity contribution in [1.29, 1.82) is 0 Å². The predicted molar refractivity (Wildman–Crippen MR) is 196 cm³/mol. The third-order valence-electron chi connectivity index (χ3n) is 9.09. The van der Waals surface area contributed by atoms with E-state index in [-0.39, 0.29) is 54.0 Å². The molecule has 4 atom stereocenters. The summed E-state index contributed by atoms with van der Waals surface area (Å²) in [5.74, 6) is -0.402. The van der Waals surface area contributed by atoms with Crippen LogP contribution in [0.4, 0.5) is 16.2 Å². The molecule has 3 amide bonds. The van der Waals surface area contributed by atoms with Crippen LogP contribution in [0.1, 0.15) is 50.4 Å². The summed E-state index contributed by atoms with van der Waals surface area (Å²) < 4.78 is 42.9. The van der Waals surface area contributed by atoms with E-state index < -0.39 is 28.1 Å². The van der Waals surface area contributed by atoms with Crippen molar-refractivity contribution in [2.45, 2.75) is 63.3 Å². The fraction of sp³-hybridized carbons (Fsp3) is 0.432. The van der Waals surface area contributed by atoms with E-state index in [4.69, 9.17) is 9.47 Å². The number of aliphatic hydroxyl groups excluding tert-OH is 1. The van der Waals surface area contributed by atoms with Crippen LogP contribution in [-0.4, -0.2) is 96.4 Å². The molecule has 2 heterocycles. The number of ether oxygens (including phenoxy) is 2. The third-order valence-corrected chi connectivity index (χ3v) is 10.4. The van der Waals surface area contributed by atoms with E-state index in [0.29, 0.717) is 24.5 Å². The molecule has 0 bridgehead atoms. The number of likely N-dealkylation sites (N-methyl/N-ethyl adjacent to an activating group) is 1. The first-order valence-corrected chi connectivity index (χ1v) is 18.7. The molecular weight excluding hydrogens is 673 g/mol. The number of hydrogen-bond donors (Lipinski definition) is 3. The van der Waals surface area contributed by atoms with Gasteiger partial charge in [0, 0.05) is 57.0 Å². The first kappa shape index (κ1) is 37.6. The molecule has 0 unspecified atom stereocenters. The Kier molecular flexibility index (Phi) is 12.2. The number of fused-ring (bicyclic) bond motifs is 2. The Hall–Kier alpha value is -4.66. The minimum atomic E-state index is -4.04. The molecular formula is C37H48N6O7S. The number of rotatable bonds is 8. The summed E-state index contributed by atoms with van der Waals surface area (Å²) in [5, 5.41) is 15.1. The maximum absolute atomic E-state index is 14.4. The largest absolute Gasteiger partial charge is 0.490 e. The molecule has 3 aromatic carbocycles. The minimum Gasteiger partial charge on any atom is -0.490 e. The number of aromatic nitrogens is 2. The molecule has 14 heteroatoms. The second kappa shape index (κ2) is 16.6. The number of nitrogens with one attached hydrogen (secondary N) is 2. The van der Waals surface area contributed by atoms with Crippen LogP contribution in [0.3, 0.4) is 0 Å². The molecule has 1 aliphatic rings. The van der Waals surface area contributed by atoms with Gasteiger partial charge in [0.15, 0.2) is 5.03 Å². The van der Waals surface area contributed by atoms with Gasteiger partial charge in [-0.25, -0.2) is 9.78 Å². The summed E-state index contributed by atoms with van der Waals surface area (Å²) in [6, 6.07) is 17.3. The van der Waals surface area contributed by atoms with E-state index in [1.54, 1.807) is 43.0 Å². The average molecular weight is 721 g/mol. The number of carbonyl (C=O) groups excluding carboxylic acids is 2. The molecule has 4 aromatic rings. The fourth-order valence-electron chi connectivity index (χ4n) is 6.08. The van der Waals surface area contributed by atoms with E-state index >= 15 is 0 Å². The van der Waals surface area contributed by atoms with Gasteiger partial charge < -0.3 is 34.3 Å². The lowest BCUT2D eigenvalue weighted by atomic mass is 10.0. The molecule has 274 valence electrons. The van der Waals surface area contributed by atoms with E-state index in [9.17, 15) is 23.1 Å². The van der Waals surface area contributed by atoms with Crippen molar-refractivity contribution in [2.75, 3.05) is 43.4 Å². The van der Waals surface area contributed by atoms with E-state index in [1.165, 1.54) is 23.2 Å². The highest BCUT2D eigenvalue weighted by atomic mass is 32.2. The maximum atomic E-state index is 14.4. The van der Waals surface area contributed by atoms with Crippen molar-refractivity contribution in [3.63, 3.8) is 0 Å². The topological polar surface area (TPSA) is 155 Å². The van der Waals surface area contributed by atoms with Gasteiger partial charge in [0.2, 0.25) is 0 Å². The second-order valence-electron chi connectivity index (χ2n) is 13.3. The zero-order valence-corrected chi connectivity index (χ0v) is 30.6. The van der Waals surface area contributed by atoms with Gasteiger partial charge >= 0.3 is 6.03 Å². The zero-order valence-electron chi connectivity index (χ0n) is 29.8. The van der Waals surface area contributed by atoms with E-state index in [0.717, 1.165) is 23.6 Å². The van der Waals surface area contributed by atoms with Gasteiger partial charge in [-0.15, -0.1) is 0 Å². The molecule has 1 aliphatic heterocycles. The second-order valence-corrected chi connectivity index (χ2v) is 15.0. The molecule has 0 fully saturated rings. The molecule has 51 heavy (non-hydrogen) atoms. The maximum Gasteiger partial charge on any atom is 0.321 e. The number of nitrogens with zero attached hydrogens (tertiary/aromatic N) is 4. The van der Waals surface area contributed by atoms with Crippen LogP contribution in [0.15, 0.2) is 78.2 Å². The van der Waals surface area contributed by atoms with Crippen LogP contribution in [0.25, 0.3) is 10.8 Å². The van der Waals surface area contributed by atoms with Crippen LogP contribution in [0.2, 0.25) is 0 Å². The minimum absolute atomic E-state index is 0.150. The SMILES string of the molecule is C[C@@H]1CCCCO[C@@H](CN(C)C(=O)Nc2cccc3ccccc23)[C@H](C)CN([C@H](C)CO)C(=O)c2cc(NS(=O)(=O)c3cn(C)cn3)ccc2O1. The van der Waals surface area contributed by atoms with Gasteiger partial charge in [0.1, 0.15) is 5.75 Å². The van der Waals surface area contributed by atoms with Crippen LogP contribution >= 0.6 is 0 Å². The fourth-order valence-corrected chi connectivity index (χ4v) is 7.11. The molecule has 0 spiro atoms. The summed E-state index contributed by atoms with van der Waals surface area (Å²) >= 11 is 0. The first-order valence-electron chi connectivity index (χ1n) is 17.2. The Labute approximate surface area is 299 Å².